The molecule has 3 rings (SSSR count). The molecular weight excluding hydrogens is 360 g/mol. The van der Waals surface area contributed by atoms with Crippen LogP contribution >= 0.6 is 11.3 Å². The van der Waals surface area contributed by atoms with Crippen molar-refractivity contribution in [1.82, 2.24) is 10.3 Å². The summed E-state index contributed by atoms with van der Waals surface area (Å²) in [6, 6.07) is 13.5. The summed E-state index contributed by atoms with van der Waals surface area (Å²) in [4.78, 5) is 17.1. The number of para-hydroxylation sites is 1. The van der Waals surface area contributed by atoms with Gasteiger partial charge in [-0.1, -0.05) is 30.3 Å². The zero-order valence-corrected chi connectivity index (χ0v) is 16.6. The first kappa shape index (κ1) is 18.9. The Labute approximate surface area is 163 Å². The minimum Gasteiger partial charge on any atom is -0.493 e. The maximum atomic E-state index is 12.6. The second kappa shape index (κ2) is 8.22. The fourth-order valence-electron chi connectivity index (χ4n) is 2.98. The van der Waals surface area contributed by atoms with Crippen LogP contribution in [-0.2, 0) is 0 Å². The number of hydrogen-bond donors (Lipinski definition) is 1. The number of thiazole rings is 1. The summed E-state index contributed by atoms with van der Waals surface area (Å²) in [7, 11) is 3.18. The van der Waals surface area contributed by atoms with Gasteiger partial charge in [-0.25, -0.2) is 4.98 Å². The van der Waals surface area contributed by atoms with Crippen LogP contribution in [0.5, 0.6) is 11.5 Å². The van der Waals surface area contributed by atoms with Crippen molar-refractivity contribution in [2.24, 2.45) is 0 Å². The lowest BCUT2D eigenvalue weighted by atomic mass is 10.0. The van der Waals surface area contributed by atoms with Gasteiger partial charge in [-0.3, -0.25) is 4.79 Å². The molecule has 0 spiro atoms. The molecule has 0 aliphatic rings. The Morgan fingerprint density at radius 3 is 2.59 bits per heavy atom. The second-order valence-electron chi connectivity index (χ2n) is 6.13. The first-order valence-corrected chi connectivity index (χ1v) is 9.46. The van der Waals surface area contributed by atoms with Crippen molar-refractivity contribution in [3.8, 4) is 22.1 Å². The molecule has 6 heteroatoms. The van der Waals surface area contributed by atoms with Gasteiger partial charge in [0, 0.05) is 5.38 Å². The van der Waals surface area contributed by atoms with Gasteiger partial charge in [-0.05, 0) is 37.1 Å². The molecule has 0 aliphatic heterocycles. The van der Waals surface area contributed by atoms with Gasteiger partial charge in [-0.2, -0.15) is 0 Å². The zero-order chi connectivity index (χ0) is 19.4. The molecule has 5 nitrogen and oxygen atoms in total. The Balaban J connectivity index is 1.82. The molecule has 0 bridgehead atoms. The molecule has 1 aromatic heterocycles. The van der Waals surface area contributed by atoms with E-state index in [-0.39, 0.29) is 11.9 Å². The minimum atomic E-state index is -0.199. The van der Waals surface area contributed by atoms with E-state index in [0.717, 1.165) is 16.7 Å². The third-order valence-electron chi connectivity index (χ3n) is 4.37. The van der Waals surface area contributed by atoms with Crippen molar-refractivity contribution in [2.45, 2.75) is 19.9 Å². The smallest absolute Gasteiger partial charge is 0.271 e. The Hall–Kier alpha value is -2.86. The molecule has 1 N–H and O–H groups in total. The molecule has 0 fully saturated rings. The average molecular weight is 382 g/mol. The summed E-state index contributed by atoms with van der Waals surface area (Å²) >= 11 is 1.40. The maximum absolute atomic E-state index is 12.6. The third kappa shape index (κ3) is 3.95. The number of carbonyl (C=O) groups is 1. The Morgan fingerprint density at radius 1 is 1.11 bits per heavy atom. The van der Waals surface area contributed by atoms with Crippen molar-refractivity contribution in [3.63, 3.8) is 0 Å². The first-order chi connectivity index (χ1) is 13.0. The van der Waals surface area contributed by atoms with E-state index in [9.17, 15) is 4.79 Å². The van der Waals surface area contributed by atoms with Crippen LogP contribution in [-0.4, -0.2) is 25.1 Å². The van der Waals surface area contributed by atoms with E-state index in [1.807, 2.05) is 56.3 Å². The lowest BCUT2D eigenvalue weighted by Gasteiger charge is -2.15. The van der Waals surface area contributed by atoms with Crippen LogP contribution in [0.25, 0.3) is 10.6 Å². The molecule has 0 radical (unpaired) electrons. The maximum Gasteiger partial charge on any atom is 0.271 e. The van der Waals surface area contributed by atoms with Crippen molar-refractivity contribution in [1.29, 1.82) is 0 Å². The number of nitrogens with one attached hydrogen (secondary N) is 1. The largest absolute Gasteiger partial charge is 0.493 e. The fraction of sp³-hybridized carbons (Fsp3) is 0.238. The summed E-state index contributed by atoms with van der Waals surface area (Å²) in [6.07, 6.45) is 0. The summed E-state index contributed by atoms with van der Waals surface area (Å²) in [5, 5.41) is 5.48. The van der Waals surface area contributed by atoms with Crippen LogP contribution in [0.2, 0.25) is 0 Å². The van der Waals surface area contributed by atoms with E-state index in [1.165, 1.54) is 11.3 Å². The van der Waals surface area contributed by atoms with Gasteiger partial charge >= 0.3 is 0 Å². The van der Waals surface area contributed by atoms with E-state index in [0.29, 0.717) is 22.2 Å². The van der Waals surface area contributed by atoms with Gasteiger partial charge in [0.05, 0.1) is 25.8 Å². The predicted molar refractivity (Wildman–Crippen MR) is 108 cm³/mol. The zero-order valence-electron chi connectivity index (χ0n) is 15.8. The number of aromatic nitrogens is 1. The van der Waals surface area contributed by atoms with Crippen molar-refractivity contribution in [3.05, 3.63) is 64.7 Å². The summed E-state index contributed by atoms with van der Waals surface area (Å²) in [5.74, 6) is 1.04. The molecule has 2 aromatic carbocycles. The number of nitrogens with zero attached hydrogens (tertiary/aromatic N) is 1. The van der Waals surface area contributed by atoms with E-state index >= 15 is 0 Å². The topological polar surface area (TPSA) is 60.5 Å². The van der Waals surface area contributed by atoms with Gasteiger partial charge in [0.15, 0.2) is 11.5 Å². The number of carbonyl (C=O) groups excluding carboxylic acids is 1. The molecule has 27 heavy (non-hydrogen) atoms. The standard InChI is InChI=1S/C21H22N2O3S/c1-13-8-5-6-9-15(13)14(2)22-20(24)17-12-27-21(23-17)16-10-7-11-18(25-3)19(16)26-4/h5-12,14H,1-4H3,(H,22,24). The lowest BCUT2D eigenvalue weighted by Crippen LogP contribution is -2.27. The normalized spacial score (nSPS) is 11.7. The lowest BCUT2D eigenvalue weighted by molar-refractivity contribution is 0.0935. The number of aryl methyl sites for hydroxylation is 1. The van der Waals surface area contributed by atoms with Crippen LogP contribution in [0.1, 0.15) is 34.6 Å². The van der Waals surface area contributed by atoms with Crippen molar-refractivity contribution in [2.75, 3.05) is 14.2 Å². The highest BCUT2D eigenvalue weighted by molar-refractivity contribution is 7.13. The monoisotopic (exact) mass is 382 g/mol. The molecule has 1 unspecified atom stereocenters. The highest BCUT2D eigenvalue weighted by Crippen LogP contribution is 2.39. The van der Waals surface area contributed by atoms with Crippen molar-refractivity contribution < 1.29 is 14.3 Å². The van der Waals surface area contributed by atoms with E-state index < -0.39 is 0 Å². The molecule has 1 atom stereocenters. The first-order valence-electron chi connectivity index (χ1n) is 8.58. The number of rotatable bonds is 6. The number of methoxy groups -OCH3 is 2. The predicted octanol–water partition coefficient (Wildman–Crippen LogP) is 4.63. The molecule has 140 valence electrons. The Kier molecular flexibility index (Phi) is 5.76. The molecule has 0 saturated carbocycles. The molecule has 1 amide bonds. The van der Waals surface area contributed by atoms with Crippen LogP contribution in [0.4, 0.5) is 0 Å². The second-order valence-corrected chi connectivity index (χ2v) is 6.99. The van der Waals surface area contributed by atoms with Crippen LogP contribution in [0.15, 0.2) is 47.8 Å². The molecule has 0 aliphatic carbocycles. The summed E-state index contributed by atoms with van der Waals surface area (Å²) in [6.45, 7) is 4.01. The highest BCUT2D eigenvalue weighted by Gasteiger charge is 2.19. The Bertz CT molecular complexity index is 952. The van der Waals surface area contributed by atoms with Gasteiger partial charge in [0.25, 0.3) is 5.91 Å². The van der Waals surface area contributed by atoms with E-state index in [2.05, 4.69) is 10.3 Å². The van der Waals surface area contributed by atoms with Crippen molar-refractivity contribution >= 4 is 17.2 Å². The van der Waals surface area contributed by atoms with Gasteiger partial charge in [0.2, 0.25) is 0 Å². The fourth-order valence-corrected chi connectivity index (χ4v) is 3.80. The van der Waals surface area contributed by atoms with Gasteiger partial charge < -0.3 is 14.8 Å². The minimum absolute atomic E-state index is 0.102. The number of ether oxygens (including phenoxy) is 2. The Morgan fingerprint density at radius 2 is 1.89 bits per heavy atom. The highest BCUT2D eigenvalue weighted by atomic mass is 32.1. The average Bonchev–Trinajstić information content (AvgIpc) is 3.17. The SMILES string of the molecule is COc1cccc(-c2nc(C(=O)NC(C)c3ccccc3C)cs2)c1OC. The number of amides is 1. The third-order valence-corrected chi connectivity index (χ3v) is 5.25. The molecule has 0 saturated heterocycles. The molecular formula is C21H22N2O3S. The molecule has 1 heterocycles. The number of hydrogen-bond acceptors (Lipinski definition) is 5. The molecule has 3 aromatic rings. The van der Waals surface area contributed by atoms with Crippen LogP contribution < -0.4 is 14.8 Å². The number of benzene rings is 2. The van der Waals surface area contributed by atoms with Gasteiger partial charge in [0.1, 0.15) is 10.7 Å². The van der Waals surface area contributed by atoms with Crippen LogP contribution in [0.3, 0.4) is 0 Å². The van der Waals surface area contributed by atoms with E-state index in [4.69, 9.17) is 9.47 Å². The van der Waals surface area contributed by atoms with Crippen LogP contribution in [0, 0.1) is 6.92 Å². The quantitative estimate of drug-likeness (QED) is 0.675. The summed E-state index contributed by atoms with van der Waals surface area (Å²) < 4.78 is 10.8. The summed E-state index contributed by atoms with van der Waals surface area (Å²) in [5.41, 5.74) is 3.43. The van der Waals surface area contributed by atoms with Gasteiger partial charge in [-0.15, -0.1) is 11.3 Å². The van der Waals surface area contributed by atoms with E-state index in [1.54, 1.807) is 19.6 Å².